The Hall–Kier alpha value is -0.920. The summed E-state index contributed by atoms with van der Waals surface area (Å²) in [6, 6.07) is 7.91. The summed E-state index contributed by atoms with van der Waals surface area (Å²) in [5.41, 5.74) is 0.504. The first-order valence-electron chi connectivity index (χ1n) is 6.28. The quantitative estimate of drug-likeness (QED) is 0.904. The molecule has 0 fully saturated rings. The maximum absolute atomic E-state index is 12.6. The van der Waals surface area contributed by atoms with E-state index < -0.39 is 10.0 Å². The van der Waals surface area contributed by atoms with Gasteiger partial charge in [-0.2, -0.15) is 4.31 Å². The maximum Gasteiger partial charge on any atom is 0.243 e. The first-order valence-corrected chi connectivity index (χ1v) is 8.98. The van der Waals surface area contributed by atoms with Gasteiger partial charge < -0.3 is 5.11 Å². The van der Waals surface area contributed by atoms with Crippen LogP contribution in [0, 0.1) is 0 Å². The average Bonchev–Trinajstić information content (AvgIpc) is 2.99. The molecule has 1 unspecified atom stereocenters. The van der Waals surface area contributed by atoms with E-state index in [4.69, 9.17) is 16.7 Å². The van der Waals surface area contributed by atoms with Gasteiger partial charge in [-0.3, -0.25) is 0 Å². The van der Waals surface area contributed by atoms with E-state index in [2.05, 4.69) is 0 Å². The van der Waals surface area contributed by atoms with Crippen molar-refractivity contribution < 1.29 is 13.5 Å². The minimum Gasteiger partial charge on any atom is -0.392 e. The third kappa shape index (κ3) is 3.30. The number of aliphatic hydroxyl groups excluding tert-OH is 1. The van der Waals surface area contributed by atoms with Crippen molar-refractivity contribution in [1.29, 1.82) is 0 Å². The monoisotopic (exact) mass is 345 g/mol. The summed E-state index contributed by atoms with van der Waals surface area (Å²) in [5.74, 6) is 0. The lowest BCUT2D eigenvalue weighted by Gasteiger charge is -2.23. The van der Waals surface area contributed by atoms with Gasteiger partial charge in [0.1, 0.15) is 0 Å². The summed E-state index contributed by atoms with van der Waals surface area (Å²) in [6.45, 7) is 1.62. The molecule has 2 rings (SSSR count). The van der Waals surface area contributed by atoms with Crippen LogP contribution < -0.4 is 0 Å². The second kappa shape index (κ2) is 6.46. The smallest absolute Gasteiger partial charge is 0.243 e. The highest BCUT2D eigenvalue weighted by molar-refractivity contribution is 7.89. The molecule has 1 heterocycles. The first kappa shape index (κ1) is 16.5. The van der Waals surface area contributed by atoms with E-state index in [-0.39, 0.29) is 22.6 Å². The number of thiophene rings is 1. The Morgan fingerprint density at radius 1 is 1.38 bits per heavy atom. The molecule has 114 valence electrons. The van der Waals surface area contributed by atoms with Gasteiger partial charge in [-0.15, -0.1) is 11.3 Å². The van der Waals surface area contributed by atoms with E-state index in [9.17, 15) is 8.42 Å². The summed E-state index contributed by atoms with van der Waals surface area (Å²) in [4.78, 5) is 1.09. The van der Waals surface area contributed by atoms with Crippen molar-refractivity contribution in [1.82, 2.24) is 4.31 Å². The summed E-state index contributed by atoms with van der Waals surface area (Å²) < 4.78 is 26.6. The van der Waals surface area contributed by atoms with Gasteiger partial charge in [0, 0.05) is 16.9 Å². The molecule has 1 aromatic heterocycles. The SMILES string of the molecule is CC(c1cccs1)N(C)S(=O)(=O)c1ccc(CO)c(Cl)c1. The molecule has 0 aliphatic heterocycles. The molecule has 21 heavy (non-hydrogen) atoms. The number of sulfonamides is 1. The van der Waals surface area contributed by atoms with Crippen molar-refractivity contribution in [2.24, 2.45) is 0 Å². The molecular weight excluding hydrogens is 330 g/mol. The predicted octanol–water partition coefficient (Wildman–Crippen LogP) is 3.28. The lowest BCUT2D eigenvalue weighted by molar-refractivity contribution is 0.282. The van der Waals surface area contributed by atoms with Crippen LogP contribution in [0.1, 0.15) is 23.4 Å². The molecule has 0 radical (unpaired) electrons. The third-order valence-corrected chi connectivity index (χ3v) is 6.69. The number of nitrogens with zero attached hydrogens (tertiary/aromatic N) is 1. The van der Waals surface area contributed by atoms with Gasteiger partial charge in [0.05, 0.1) is 17.5 Å². The van der Waals surface area contributed by atoms with Crippen molar-refractivity contribution in [2.45, 2.75) is 24.5 Å². The van der Waals surface area contributed by atoms with Crippen LogP contribution in [-0.4, -0.2) is 24.9 Å². The van der Waals surface area contributed by atoms with Crippen molar-refractivity contribution in [3.63, 3.8) is 0 Å². The second-order valence-corrected chi connectivity index (χ2v) is 8.01. The Balaban J connectivity index is 2.35. The molecule has 1 N–H and O–H groups in total. The molecule has 4 nitrogen and oxygen atoms in total. The molecule has 0 saturated carbocycles. The zero-order valence-corrected chi connectivity index (χ0v) is 14.0. The van der Waals surface area contributed by atoms with Crippen LogP contribution in [0.25, 0.3) is 0 Å². The Kier molecular flexibility index (Phi) is 5.06. The number of benzene rings is 1. The summed E-state index contributed by atoms with van der Waals surface area (Å²) in [6.07, 6.45) is 0. The molecule has 0 aliphatic rings. The summed E-state index contributed by atoms with van der Waals surface area (Å²) in [5, 5.41) is 11.3. The summed E-state index contributed by atoms with van der Waals surface area (Å²) >= 11 is 7.49. The summed E-state index contributed by atoms with van der Waals surface area (Å²) in [7, 11) is -2.09. The molecule has 7 heteroatoms. The van der Waals surface area contributed by atoms with Crippen LogP contribution in [0.4, 0.5) is 0 Å². The minimum absolute atomic E-state index is 0.121. The van der Waals surface area contributed by atoms with Gasteiger partial charge in [-0.05, 0) is 36.1 Å². The normalized spacial score (nSPS) is 13.6. The van der Waals surface area contributed by atoms with E-state index in [0.717, 1.165) is 4.88 Å². The van der Waals surface area contributed by atoms with Crippen LogP contribution >= 0.6 is 22.9 Å². The maximum atomic E-state index is 12.6. The van der Waals surface area contributed by atoms with Crippen molar-refractivity contribution >= 4 is 33.0 Å². The van der Waals surface area contributed by atoms with E-state index in [0.29, 0.717) is 5.56 Å². The Morgan fingerprint density at radius 2 is 2.10 bits per heavy atom. The molecule has 2 aromatic rings. The Morgan fingerprint density at radius 3 is 2.62 bits per heavy atom. The second-order valence-electron chi connectivity index (χ2n) is 4.62. The topological polar surface area (TPSA) is 57.6 Å². The van der Waals surface area contributed by atoms with Gasteiger partial charge in [-0.1, -0.05) is 23.7 Å². The standard InChI is InChI=1S/C14H16ClNO3S2/c1-10(14-4-3-7-20-14)16(2)21(18,19)12-6-5-11(9-17)13(15)8-12/h3-8,10,17H,9H2,1-2H3. The molecule has 0 amide bonds. The number of hydrogen-bond donors (Lipinski definition) is 1. The van der Waals surface area contributed by atoms with Gasteiger partial charge in [-0.25, -0.2) is 8.42 Å². The molecule has 0 saturated heterocycles. The largest absolute Gasteiger partial charge is 0.392 e. The van der Waals surface area contributed by atoms with E-state index >= 15 is 0 Å². The van der Waals surface area contributed by atoms with E-state index in [1.807, 2.05) is 24.4 Å². The third-order valence-electron chi connectivity index (χ3n) is 3.37. The fourth-order valence-corrected chi connectivity index (χ4v) is 4.47. The molecule has 0 spiro atoms. The lowest BCUT2D eigenvalue weighted by atomic mass is 10.2. The van der Waals surface area contributed by atoms with Crippen LogP contribution in [-0.2, 0) is 16.6 Å². The van der Waals surface area contributed by atoms with E-state index in [1.54, 1.807) is 7.05 Å². The zero-order chi connectivity index (χ0) is 15.6. The number of halogens is 1. The van der Waals surface area contributed by atoms with Crippen LogP contribution in [0.15, 0.2) is 40.6 Å². The first-order chi connectivity index (χ1) is 9.87. The van der Waals surface area contributed by atoms with Gasteiger partial charge >= 0.3 is 0 Å². The Labute approximate surface area is 133 Å². The molecule has 1 aromatic carbocycles. The molecule has 1 atom stereocenters. The number of rotatable bonds is 5. The number of aliphatic hydroxyl groups is 1. The zero-order valence-electron chi connectivity index (χ0n) is 11.7. The molecule has 0 aliphatic carbocycles. The van der Waals surface area contributed by atoms with Crippen molar-refractivity contribution in [3.8, 4) is 0 Å². The van der Waals surface area contributed by atoms with Gasteiger partial charge in [0.15, 0.2) is 0 Å². The van der Waals surface area contributed by atoms with Crippen LogP contribution in [0.5, 0.6) is 0 Å². The highest BCUT2D eigenvalue weighted by Gasteiger charge is 2.27. The fraction of sp³-hybridized carbons (Fsp3) is 0.286. The fourth-order valence-electron chi connectivity index (χ4n) is 1.90. The Bertz CT molecular complexity index is 714. The van der Waals surface area contributed by atoms with Gasteiger partial charge in [0.25, 0.3) is 0 Å². The number of hydrogen-bond acceptors (Lipinski definition) is 4. The predicted molar refractivity (Wildman–Crippen MR) is 85.1 cm³/mol. The van der Waals surface area contributed by atoms with Crippen LogP contribution in [0.2, 0.25) is 5.02 Å². The minimum atomic E-state index is -3.64. The van der Waals surface area contributed by atoms with Crippen molar-refractivity contribution in [3.05, 3.63) is 51.2 Å². The molecule has 0 bridgehead atoms. The van der Waals surface area contributed by atoms with Crippen LogP contribution in [0.3, 0.4) is 0 Å². The molecular formula is C14H16ClNO3S2. The lowest BCUT2D eigenvalue weighted by Crippen LogP contribution is -2.29. The highest BCUT2D eigenvalue weighted by Crippen LogP contribution is 2.30. The van der Waals surface area contributed by atoms with Gasteiger partial charge in [0.2, 0.25) is 10.0 Å². The van der Waals surface area contributed by atoms with Crippen molar-refractivity contribution in [2.75, 3.05) is 7.05 Å². The van der Waals surface area contributed by atoms with E-state index in [1.165, 1.54) is 33.8 Å². The highest BCUT2D eigenvalue weighted by atomic mass is 35.5. The average molecular weight is 346 g/mol.